The van der Waals surface area contributed by atoms with E-state index in [1.807, 2.05) is 10.8 Å². The van der Waals surface area contributed by atoms with E-state index in [2.05, 4.69) is 25.9 Å². The van der Waals surface area contributed by atoms with Gasteiger partial charge in [-0.05, 0) is 52.3 Å². The molecular formula is C18H13BrFN5O3S2. The molecule has 0 fully saturated rings. The monoisotopic (exact) mass is 509 g/mol. The molecule has 3 aromatic rings. The number of halogens is 2. The Balaban J connectivity index is 2.01. The van der Waals surface area contributed by atoms with Crippen molar-refractivity contribution < 1.29 is 17.6 Å². The highest BCUT2D eigenvalue weighted by molar-refractivity contribution is 9.11. The molecule has 1 aromatic carbocycles. The molecule has 8 nitrogen and oxygen atoms in total. The van der Waals surface area contributed by atoms with Crippen LogP contribution in [0.2, 0.25) is 0 Å². The summed E-state index contributed by atoms with van der Waals surface area (Å²) in [5, 5.41) is 9.39. The second-order valence-electron chi connectivity index (χ2n) is 6.03. The van der Waals surface area contributed by atoms with Gasteiger partial charge in [0.25, 0.3) is 5.91 Å². The Kier molecular flexibility index (Phi) is 6.45. The van der Waals surface area contributed by atoms with Crippen LogP contribution in [0.15, 0.2) is 46.4 Å². The number of hydrogen-bond acceptors (Lipinski definition) is 8. The van der Waals surface area contributed by atoms with Crippen molar-refractivity contribution in [1.29, 1.82) is 5.26 Å². The molecule has 12 heteroatoms. The smallest absolute Gasteiger partial charge is 0.285 e. The molecular weight excluding hydrogens is 497 g/mol. The van der Waals surface area contributed by atoms with E-state index in [9.17, 15) is 17.6 Å². The molecule has 0 aliphatic heterocycles. The minimum atomic E-state index is -3.76. The van der Waals surface area contributed by atoms with Crippen LogP contribution in [-0.2, 0) is 16.6 Å². The van der Waals surface area contributed by atoms with Gasteiger partial charge in [-0.1, -0.05) is 11.3 Å². The first-order valence-corrected chi connectivity index (χ1v) is 11.7. The molecule has 0 radical (unpaired) electrons. The summed E-state index contributed by atoms with van der Waals surface area (Å²) >= 11 is 4.36. The lowest BCUT2D eigenvalue weighted by molar-refractivity contribution is 0.0977. The number of carbonyl (C=O) groups excluding carboxylic acids is 1. The number of anilines is 2. The minimum Gasteiger partial charge on any atom is -0.312 e. The molecule has 2 heterocycles. The molecule has 1 N–H and O–H groups in total. The maximum Gasteiger partial charge on any atom is 0.285 e. The van der Waals surface area contributed by atoms with Crippen LogP contribution < -0.4 is 9.62 Å². The number of rotatable bonds is 6. The number of thiazole rings is 1. The van der Waals surface area contributed by atoms with Gasteiger partial charge in [-0.3, -0.25) is 9.78 Å². The summed E-state index contributed by atoms with van der Waals surface area (Å²) in [6, 6.07) is 11.5. The molecule has 30 heavy (non-hydrogen) atoms. The number of aromatic nitrogens is 2. The van der Waals surface area contributed by atoms with E-state index in [4.69, 9.17) is 5.26 Å². The first-order valence-electron chi connectivity index (χ1n) is 8.23. The van der Waals surface area contributed by atoms with Crippen LogP contribution in [-0.4, -0.2) is 30.5 Å². The lowest BCUT2D eigenvalue weighted by Crippen LogP contribution is -2.30. The molecule has 1 amide bonds. The van der Waals surface area contributed by atoms with Crippen LogP contribution in [0.4, 0.5) is 15.2 Å². The largest absolute Gasteiger partial charge is 0.312 e. The van der Waals surface area contributed by atoms with Crippen LogP contribution in [0.5, 0.6) is 0 Å². The maximum absolute atomic E-state index is 13.2. The number of pyridine rings is 1. The Morgan fingerprint density at radius 2 is 2.00 bits per heavy atom. The zero-order valence-corrected chi connectivity index (χ0v) is 18.6. The van der Waals surface area contributed by atoms with Gasteiger partial charge >= 0.3 is 0 Å². The number of carbonyl (C=O) groups is 1. The molecule has 0 aliphatic rings. The number of hydrogen-bond donors (Lipinski definition) is 1. The van der Waals surface area contributed by atoms with Gasteiger partial charge in [0, 0.05) is 5.69 Å². The molecule has 3 rings (SSSR count). The van der Waals surface area contributed by atoms with E-state index in [1.54, 1.807) is 29.2 Å². The van der Waals surface area contributed by atoms with Gasteiger partial charge in [-0.15, -0.1) is 0 Å². The molecule has 0 saturated heterocycles. The predicted octanol–water partition coefficient (Wildman–Crippen LogP) is 3.34. The summed E-state index contributed by atoms with van der Waals surface area (Å²) in [4.78, 5) is 22.3. The van der Waals surface area contributed by atoms with E-state index < -0.39 is 21.7 Å². The Labute approximate surface area is 184 Å². The third-order valence-corrected chi connectivity index (χ3v) is 6.00. The van der Waals surface area contributed by atoms with Gasteiger partial charge in [0.05, 0.1) is 36.3 Å². The zero-order valence-electron chi connectivity index (χ0n) is 15.3. The summed E-state index contributed by atoms with van der Waals surface area (Å²) < 4.78 is 38.2. The predicted molar refractivity (Wildman–Crippen MR) is 113 cm³/mol. The molecule has 2 aromatic heterocycles. The van der Waals surface area contributed by atoms with E-state index in [0.29, 0.717) is 25.9 Å². The van der Waals surface area contributed by atoms with E-state index in [1.165, 1.54) is 12.1 Å². The maximum atomic E-state index is 13.2. The van der Waals surface area contributed by atoms with Gasteiger partial charge in [0.2, 0.25) is 10.0 Å². The fraction of sp³-hybridized carbons (Fsp3) is 0.111. The van der Waals surface area contributed by atoms with Crippen molar-refractivity contribution in [2.45, 2.75) is 6.54 Å². The van der Waals surface area contributed by atoms with Crippen molar-refractivity contribution >= 4 is 54.0 Å². The van der Waals surface area contributed by atoms with E-state index in [0.717, 1.165) is 23.8 Å². The summed E-state index contributed by atoms with van der Waals surface area (Å²) in [6.45, 7) is 0.194. The van der Waals surface area contributed by atoms with Gasteiger partial charge < -0.3 is 4.90 Å². The van der Waals surface area contributed by atoms with Crippen molar-refractivity contribution in [1.82, 2.24) is 14.7 Å². The SMILES string of the molecule is CS(=O)(=O)NC(=O)c1nc(N(Cc2ccc(F)cn2)c2ccc(C#N)cc2)sc1Br. The van der Waals surface area contributed by atoms with Crippen LogP contribution in [0.1, 0.15) is 21.7 Å². The number of benzene rings is 1. The Morgan fingerprint density at radius 1 is 1.30 bits per heavy atom. The molecule has 0 bridgehead atoms. The molecule has 0 saturated carbocycles. The van der Waals surface area contributed by atoms with E-state index >= 15 is 0 Å². The molecule has 0 spiro atoms. The number of nitrogens with one attached hydrogen (secondary N) is 1. The summed E-state index contributed by atoms with van der Waals surface area (Å²) in [5.41, 5.74) is 1.56. The van der Waals surface area contributed by atoms with Gasteiger partial charge in [-0.25, -0.2) is 22.5 Å². The quantitative estimate of drug-likeness (QED) is 0.541. The van der Waals surface area contributed by atoms with Crippen molar-refractivity contribution in [3.63, 3.8) is 0 Å². The van der Waals surface area contributed by atoms with Crippen LogP contribution in [0.25, 0.3) is 0 Å². The van der Waals surface area contributed by atoms with Crippen LogP contribution in [0, 0.1) is 17.1 Å². The number of nitriles is 1. The topological polar surface area (TPSA) is 116 Å². The average Bonchev–Trinajstić information content (AvgIpc) is 3.08. The second-order valence-corrected chi connectivity index (χ2v) is 10.1. The molecule has 0 aliphatic carbocycles. The molecule has 0 atom stereocenters. The Hall–Kier alpha value is -2.88. The Morgan fingerprint density at radius 3 is 2.57 bits per heavy atom. The number of sulfonamides is 1. The first-order chi connectivity index (χ1) is 14.2. The second kappa shape index (κ2) is 8.86. The molecule has 154 valence electrons. The van der Waals surface area contributed by atoms with Crippen LogP contribution in [0.3, 0.4) is 0 Å². The Bertz CT molecular complexity index is 1220. The number of amides is 1. The highest BCUT2D eigenvalue weighted by atomic mass is 79.9. The van der Waals surface area contributed by atoms with Crippen molar-refractivity contribution in [2.24, 2.45) is 0 Å². The fourth-order valence-electron chi connectivity index (χ4n) is 2.41. The van der Waals surface area contributed by atoms with Crippen molar-refractivity contribution in [3.05, 3.63) is 69.1 Å². The van der Waals surface area contributed by atoms with Crippen molar-refractivity contribution in [2.75, 3.05) is 11.2 Å². The van der Waals surface area contributed by atoms with Gasteiger partial charge in [0.1, 0.15) is 9.60 Å². The fourth-order valence-corrected chi connectivity index (χ4v) is 4.36. The van der Waals surface area contributed by atoms with E-state index in [-0.39, 0.29) is 12.2 Å². The normalized spacial score (nSPS) is 11.0. The highest BCUT2D eigenvalue weighted by Gasteiger charge is 2.23. The van der Waals surface area contributed by atoms with Gasteiger partial charge in [0.15, 0.2) is 10.8 Å². The summed E-state index contributed by atoms with van der Waals surface area (Å²) in [6.07, 6.45) is 1.96. The lowest BCUT2D eigenvalue weighted by Gasteiger charge is -2.21. The third kappa shape index (κ3) is 5.38. The third-order valence-electron chi connectivity index (χ3n) is 3.72. The minimum absolute atomic E-state index is 0.0915. The standard InChI is InChI=1S/C18H13BrFN5O3S2/c1-30(27,28)24-17(26)15-16(19)29-18(23-15)25(10-13-5-4-12(20)9-22-13)14-6-2-11(8-21)3-7-14/h2-7,9H,10H2,1H3,(H,24,26). The molecule has 0 unspecified atom stereocenters. The first kappa shape index (κ1) is 21.8. The van der Waals surface area contributed by atoms with Gasteiger partial charge in [-0.2, -0.15) is 5.26 Å². The lowest BCUT2D eigenvalue weighted by atomic mass is 10.2. The number of nitrogens with zero attached hydrogens (tertiary/aromatic N) is 4. The van der Waals surface area contributed by atoms with Crippen LogP contribution >= 0.6 is 27.3 Å². The summed E-state index contributed by atoms with van der Waals surface area (Å²) in [7, 11) is -3.76. The summed E-state index contributed by atoms with van der Waals surface area (Å²) in [5.74, 6) is -1.34. The van der Waals surface area contributed by atoms with Crippen molar-refractivity contribution in [3.8, 4) is 6.07 Å². The highest BCUT2D eigenvalue weighted by Crippen LogP contribution is 2.36. The zero-order chi connectivity index (χ0) is 21.9. The average molecular weight is 510 g/mol.